The van der Waals surface area contributed by atoms with Gasteiger partial charge in [0.15, 0.2) is 5.82 Å². The van der Waals surface area contributed by atoms with Crippen LogP contribution in [0.15, 0.2) is 85.1 Å². The molecule has 0 radical (unpaired) electrons. The van der Waals surface area contributed by atoms with E-state index in [9.17, 15) is 0 Å². The summed E-state index contributed by atoms with van der Waals surface area (Å²) in [6.45, 7) is 4.59. The Balaban J connectivity index is 1.64. The first-order valence-corrected chi connectivity index (χ1v) is 9.28. The molecule has 1 aliphatic carbocycles. The monoisotopic (exact) mass is 348 g/mol. The van der Waals surface area contributed by atoms with Gasteiger partial charge in [0.05, 0.1) is 5.69 Å². The van der Waals surface area contributed by atoms with Crippen LogP contribution in [0.4, 0.5) is 0 Å². The average molecular weight is 348 g/mol. The predicted molar refractivity (Wildman–Crippen MR) is 110 cm³/mol. The van der Waals surface area contributed by atoms with Crippen molar-refractivity contribution in [3.05, 3.63) is 96.2 Å². The van der Waals surface area contributed by atoms with Crippen LogP contribution in [0.5, 0.6) is 0 Å². The fraction of sp³-hybridized carbons (Fsp3) is 0.120. The second-order valence-corrected chi connectivity index (χ2v) is 7.56. The lowest BCUT2D eigenvalue weighted by Gasteiger charge is -2.21. The third-order valence-corrected chi connectivity index (χ3v) is 5.57. The number of hydrogen-bond acceptors (Lipinski definition) is 2. The van der Waals surface area contributed by atoms with Crippen LogP contribution in [0.1, 0.15) is 25.0 Å². The summed E-state index contributed by atoms with van der Waals surface area (Å²) in [5, 5.41) is 0. The van der Waals surface area contributed by atoms with Crippen molar-refractivity contribution in [2.24, 2.45) is 0 Å². The molecule has 5 rings (SSSR count). The first-order chi connectivity index (χ1) is 13.1. The van der Waals surface area contributed by atoms with Gasteiger partial charge in [0.2, 0.25) is 0 Å². The summed E-state index contributed by atoms with van der Waals surface area (Å²) >= 11 is 0. The minimum absolute atomic E-state index is 0.0250. The van der Waals surface area contributed by atoms with Crippen LogP contribution in [0.3, 0.4) is 0 Å². The van der Waals surface area contributed by atoms with Gasteiger partial charge in [-0.25, -0.2) is 9.97 Å². The minimum atomic E-state index is 0.0250. The molecule has 0 fully saturated rings. The number of fused-ring (bicyclic) bond motifs is 3. The number of rotatable bonds is 2. The topological polar surface area (TPSA) is 25.8 Å². The Labute approximate surface area is 159 Å². The molecule has 0 aliphatic heterocycles. The molecule has 2 nitrogen and oxygen atoms in total. The Morgan fingerprint density at radius 2 is 1.41 bits per heavy atom. The van der Waals surface area contributed by atoms with Crippen molar-refractivity contribution in [1.82, 2.24) is 9.97 Å². The molecule has 1 aromatic heterocycles. The average Bonchev–Trinajstić information content (AvgIpc) is 2.96. The van der Waals surface area contributed by atoms with Crippen LogP contribution in [0.25, 0.3) is 33.8 Å². The van der Waals surface area contributed by atoms with Gasteiger partial charge in [-0.2, -0.15) is 0 Å². The van der Waals surface area contributed by atoms with Crippen LogP contribution in [-0.2, 0) is 5.41 Å². The maximum atomic E-state index is 4.82. The lowest BCUT2D eigenvalue weighted by Crippen LogP contribution is -2.14. The van der Waals surface area contributed by atoms with Crippen molar-refractivity contribution in [2.75, 3.05) is 0 Å². The van der Waals surface area contributed by atoms with E-state index in [4.69, 9.17) is 4.98 Å². The summed E-state index contributed by atoms with van der Waals surface area (Å²) < 4.78 is 0. The van der Waals surface area contributed by atoms with Crippen LogP contribution in [-0.4, -0.2) is 9.97 Å². The minimum Gasteiger partial charge on any atom is -0.237 e. The smallest absolute Gasteiger partial charge is 0.159 e. The maximum Gasteiger partial charge on any atom is 0.159 e. The van der Waals surface area contributed by atoms with Gasteiger partial charge in [0.1, 0.15) is 0 Å². The quantitative estimate of drug-likeness (QED) is 0.436. The van der Waals surface area contributed by atoms with Gasteiger partial charge in [-0.3, -0.25) is 0 Å². The van der Waals surface area contributed by atoms with Crippen LogP contribution in [0.2, 0.25) is 0 Å². The van der Waals surface area contributed by atoms with Crippen LogP contribution >= 0.6 is 0 Å². The molecule has 4 aromatic rings. The van der Waals surface area contributed by atoms with Crippen molar-refractivity contribution in [2.45, 2.75) is 19.3 Å². The zero-order valence-electron chi connectivity index (χ0n) is 15.5. The molecule has 0 bridgehead atoms. The molecule has 0 atom stereocenters. The van der Waals surface area contributed by atoms with E-state index in [-0.39, 0.29) is 5.41 Å². The molecule has 0 amide bonds. The zero-order chi connectivity index (χ0) is 18.4. The van der Waals surface area contributed by atoms with Crippen molar-refractivity contribution >= 4 is 0 Å². The lowest BCUT2D eigenvalue weighted by atomic mass is 9.82. The van der Waals surface area contributed by atoms with Crippen LogP contribution < -0.4 is 0 Å². The molecule has 0 unspecified atom stereocenters. The predicted octanol–water partition coefficient (Wildman–Crippen LogP) is 6.12. The molecular weight excluding hydrogens is 328 g/mol. The molecule has 0 saturated carbocycles. The van der Waals surface area contributed by atoms with Crippen molar-refractivity contribution < 1.29 is 0 Å². The van der Waals surface area contributed by atoms with Gasteiger partial charge in [-0.1, -0.05) is 80.6 Å². The number of benzene rings is 3. The van der Waals surface area contributed by atoms with E-state index in [1.807, 2.05) is 30.5 Å². The molecule has 0 saturated heterocycles. The van der Waals surface area contributed by atoms with Gasteiger partial charge in [0, 0.05) is 22.7 Å². The summed E-state index contributed by atoms with van der Waals surface area (Å²) in [4.78, 5) is 9.36. The van der Waals surface area contributed by atoms with Gasteiger partial charge in [-0.15, -0.1) is 0 Å². The van der Waals surface area contributed by atoms with Gasteiger partial charge >= 0.3 is 0 Å². The lowest BCUT2D eigenvalue weighted by molar-refractivity contribution is 0.660. The summed E-state index contributed by atoms with van der Waals surface area (Å²) in [5.41, 5.74) is 8.50. The van der Waals surface area contributed by atoms with Gasteiger partial charge in [-0.05, 0) is 34.4 Å². The molecule has 27 heavy (non-hydrogen) atoms. The van der Waals surface area contributed by atoms with E-state index >= 15 is 0 Å². The summed E-state index contributed by atoms with van der Waals surface area (Å²) in [5.74, 6) is 0.765. The number of aromatic nitrogens is 2. The molecule has 0 spiro atoms. The number of nitrogens with zero attached hydrogens (tertiary/aromatic N) is 2. The highest BCUT2D eigenvalue weighted by Gasteiger charge is 2.35. The summed E-state index contributed by atoms with van der Waals surface area (Å²) in [6, 6.07) is 27.5. The second-order valence-electron chi connectivity index (χ2n) is 7.56. The first kappa shape index (κ1) is 16.0. The van der Waals surface area contributed by atoms with Crippen molar-refractivity contribution in [3.8, 4) is 33.8 Å². The largest absolute Gasteiger partial charge is 0.237 e. The Morgan fingerprint density at radius 1 is 0.667 bits per heavy atom. The Kier molecular flexibility index (Phi) is 3.48. The zero-order valence-corrected chi connectivity index (χ0v) is 15.5. The molecule has 0 N–H and O–H groups in total. The number of hydrogen-bond donors (Lipinski definition) is 0. The van der Waals surface area contributed by atoms with E-state index in [0.717, 1.165) is 22.6 Å². The van der Waals surface area contributed by atoms with E-state index in [0.29, 0.717) is 0 Å². The van der Waals surface area contributed by atoms with Gasteiger partial charge in [0.25, 0.3) is 0 Å². The molecule has 130 valence electrons. The Bertz CT molecular complexity index is 1140. The Hall–Kier alpha value is -3.26. The highest BCUT2D eigenvalue weighted by molar-refractivity contribution is 5.83. The second kappa shape index (κ2) is 5.88. The van der Waals surface area contributed by atoms with E-state index < -0.39 is 0 Å². The third-order valence-electron chi connectivity index (χ3n) is 5.57. The van der Waals surface area contributed by atoms with Crippen molar-refractivity contribution in [1.29, 1.82) is 0 Å². The molecule has 2 heteroatoms. The molecule has 1 heterocycles. The summed E-state index contributed by atoms with van der Waals surface area (Å²) in [6.07, 6.45) is 1.84. The highest BCUT2D eigenvalue weighted by Crippen LogP contribution is 2.49. The van der Waals surface area contributed by atoms with E-state index in [1.54, 1.807) is 0 Å². The molecular formula is C25H20N2. The van der Waals surface area contributed by atoms with Crippen molar-refractivity contribution in [3.63, 3.8) is 0 Å². The normalized spacial score (nSPS) is 13.9. The Morgan fingerprint density at radius 3 is 2.26 bits per heavy atom. The van der Waals surface area contributed by atoms with Crippen LogP contribution in [0, 0.1) is 0 Å². The van der Waals surface area contributed by atoms with E-state index in [1.165, 1.54) is 22.3 Å². The molecule has 1 aliphatic rings. The standard InChI is InChI=1S/C25H20N2/c1-25(2)21-11-7-6-10-19(21)20-16-18(12-13-22(20)25)24-26-15-14-23(27-24)17-8-4-3-5-9-17/h3-16H,1-2H3. The fourth-order valence-corrected chi connectivity index (χ4v) is 4.13. The third kappa shape index (κ3) is 2.48. The fourth-order valence-electron chi connectivity index (χ4n) is 4.13. The highest BCUT2D eigenvalue weighted by atomic mass is 14.9. The maximum absolute atomic E-state index is 4.82. The van der Waals surface area contributed by atoms with E-state index in [2.05, 4.69) is 73.4 Å². The SMILES string of the molecule is CC1(C)c2ccccc2-c2cc(-c3nccc(-c4ccccc4)n3)ccc21. The summed E-state index contributed by atoms with van der Waals surface area (Å²) in [7, 11) is 0. The first-order valence-electron chi connectivity index (χ1n) is 9.28. The van der Waals surface area contributed by atoms with Gasteiger partial charge < -0.3 is 0 Å². The molecule has 3 aromatic carbocycles.